The van der Waals surface area contributed by atoms with Gasteiger partial charge in [-0.15, -0.1) is 0 Å². The first kappa shape index (κ1) is 17.9. The van der Waals surface area contributed by atoms with Crippen molar-refractivity contribution in [3.05, 3.63) is 95.6 Å². The molecule has 0 spiro atoms. The average molecular weight is 359 g/mol. The molecule has 134 valence electrons. The van der Waals surface area contributed by atoms with Crippen LogP contribution in [0.4, 0.5) is 5.69 Å². The number of nitrogen functional groups attached to an aromatic ring is 1. The van der Waals surface area contributed by atoms with Crippen molar-refractivity contribution in [1.29, 1.82) is 0 Å². The maximum atomic E-state index is 12.0. The highest BCUT2D eigenvalue weighted by Crippen LogP contribution is 2.13. The van der Waals surface area contributed by atoms with E-state index in [-0.39, 0.29) is 5.91 Å². The SMILES string of the molecule is Nc1cccc(C(=O)N/N=C\c2ccc(OC(=O)c3ccccc3)cc2)c1. The van der Waals surface area contributed by atoms with Gasteiger partial charge in [0.2, 0.25) is 0 Å². The minimum atomic E-state index is -0.425. The second-order valence-electron chi connectivity index (χ2n) is 5.65. The molecular formula is C21H17N3O3. The van der Waals surface area contributed by atoms with Gasteiger partial charge >= 0.3 is 5.97 Å². The Morgan fingerprint density at radius 3 is 2.30 bits per heavy atom. The van der Waals surface area contributed by atoms with Gasteiger partial charge in [-0.25, -0.2) is 10.2 Å². The molecule has 0 aliphatic carbocycles. The van der Waals surface area contributed by atoms with Gasteiger partial charge in [-0.05, 0) is 60.2 Å². The fourth-order valence-corrected chi connectivity index (χ4v) is 2.27. The van der Waals surface area contributed by atoms with Gasteiger partial charge < -0.3 is 10.5 Å². The first-order valence-corrected chi connectivity index (χ1v) is 8.18. The summed E-state index contributed by atoms with van der Waals surface area (Å²) >= 11 is 0. The monoisotopic (exact) mass is 359 g/mol. The van der Waals surface area contributed by atoms with Crippen molar-refractivity contribution in [1.82, 2.24) is 5.43 Å². The third kappa shape index (κ3) is 5.02. The lowest BCUT2D eigenvalue weighted by molar-refractivity contribution is 0.0734. The van der Waals surface area contributed by atoms with Gasteiger partial charge in [-0.2, -0.15) is 5.10 Å². The van der Waals surface area contributed by atoms with E-state index in [1.54, 1.807) is 72.8 Å². The van der Waals surface area contributed by atoms with Crippen molar-refractivity contribution in [2.75, 3.05) is 5.73 Å². The van der Waals surface area contributed by atoms with Crippen molar-refractivity contribution >= 4 is 23.8 Å². The summed E-state index contributed by atoms with van der Waals surface area (Å²) in [6.07, 6.45) is 1.49. The number of nitrogens with zero attached hydrogens (tertiary/aromatic N) is 1. The van der Waals surface area contributed by atoms with Gasteiger partial charge in [-0.1, -0.05) is 24.3 Å². The molecule has 1 amide bonds. The maximum Gasteiger partial charge on any atom is 0.343 e. The number of carbonyl (C=O) groups excluding carboxylic acids is 2. The summed E-state index contributed by atoms with van der Waals surface area (Å²) in [5.41, 5.74) is 10.2. The van der Waals surface area contributed by atoms with E-state index in [1.165, 1.54) is 6.21 Å². The van der Waals surface area contributed by atoms with Crippen LogP contribution in [-0.4, -0.2) is 18.1 Å². The van der Waals surface area contributed by atoms with Crippen LogP contribution >= 0.6 is 0 Å². The number of esters is 1. The Morgan fingerprint density at radius 1 is 0.889 bits per heavy atom. The fraction of sp³-hybridized carbons (Fsp3) is 0. The summed E-state index contributed by atoms with van der Waals surface area (Å²) in [7, 11) is 0. The fourth-order valence-electron chi connectivity index (χ4n) is 2.27. The molecule has 0 heterocycles. The van der Waals surface area contributed by atoms with Crippen LogP contribution in [0.2, 0.25) is 0 Å². The van der Waals surface area contributed by atoms with Crippen LogP contribution in [0, 0.1) is 0 Å². The lowest BCUT2D eigenvalue weighted by atomic mass is 10.2. The second-order valence-corrected chi connectivity index (χ2v) is 5.65. The number of anilines is 1. The van der Waals surface area contributed by atoms with E-state index < -0.39 is 5.97 Å². The predicted molar refractivity (Wildman–Crippen MR) is 104 cm³/mol. The molecule has 0 saturated heterocycles. The predicted octanol–water partition coefficient (Wildman–Crippen LogP) is 3.25. The Bertz CT molecular complexity index is 967. The number of nitrogens with one attached hydrogen (secondary N) is 1. The summed E-state index contributed by atoms with van der Waals surface area (Å²) in [6.45, 7) is 0. The summed E-state index contributed by atoms with van der Waals surface area (Å²) < 4.78 is 5.30. The molecule has 0 aliphatic rings. The molecule has 0 fully saturated rings. The van der Waals surface area contributed by atoms with Crippen LogP contribution in [0.1, 0.15) is 26.3 Å². The van der Waals surface area contributed by atoms with Gasteiger partial charge in [0.05, 0.1) is 11.8 Å². The molecule has 0 radical (unpaired) electrons. The molecule has 6 nitrogen and oxygen atoms in total. The molecule has 0 saturated carbocycles. The number of ether oxygens (including phenoxy) is 1. The zero-order valence-electron chi connectivity index (χ0n) is 14.3. The van der Waals surface area contributed by atoms with E-state index in [9.17, 15) is 9.59 Å². The molecule has 0 unspecified atom stereocenters. The molecule has 3 aromatic carbocycles. The van der Waals surface area contributed by atoms with Crippen molar-refractivity contribution in [2.24, 2.45) is 5.10 Å². The van der Waals surface area contributed by atoms with Crippen LogP contribution in [-0.2, 0) is 0 Å². The molecule has 6 heteroatoms. The molecule has 0 bridgehead atoms. The van der Waals surface area contributed by atoms with Crippen LogP contribution < -0.4 is 15.9 Å². The Hall–Kier alpha value is -3.93. The number of benzene rings is 3. The van der Waals surface area contributed by atoms with Crippen LogP contribution in [0.15, 0.2) is 84.0 Å². The van der Waals surface area contributed by atoms with Gasteiger partial charge in [0.1, 0.15) is 5.75 Å². The van der Waals surface area contributed by atoms with E-state index in [0.29, 0.717) is 22.6 Å². The normalized spacial score (nSPS) is 10.5. The summed E-state index contributed by atoms with van der Waals surface area (Å²) in [5, 5.41) is 3.91. The first-order valence-electron chi connectivity index (χ1n) is 8.18. The van der Waals surface area contributed by atoms with Gasteiger partial charge in [-0.3, -0.25) is 4.79 Å². The van der Waals surface area contributed by atoms with E-state index in [4.69, 9.17) is 10.5 Å². The molecule has 0 aliphatic heterocycles. The lowest BCUT2D eigenvalue weighted by Crippen LogP contribution is -2.17. The van der Waals surface area contributed by atoms with E-state index in [2.05, 4.69) is 10.5 Å². The van der Waals surface area contributed by atoms with Crippen molar-refractivity contribution in [3.63, 3.8) is 0 Å². The molecule has 3 aromatic rings. The highest BCUT2D eigenvalue weighted by Gasteiger charge is 2.07. The maximum absolute atomic E-state index is 12.0. The third-order valence-corrected chi connectivity index (χ3v) is 3.63. The number of nitrogens with two attached hydrogens (primary N) is 1. The van der Waals surface area contributed by atoms with Crippen LogP contribution in [0.3, 0.4) is 0 Å². The van der Waals surface area contributed by atoms with Crippen molar-refractivity contribution in [2.45, 2.75) is 0 Å². The first-order chi connectivity index (χ1) is 13.1. The molecule has 0 atom stereocenters. The number of rotatable bonds is 5. The number of hydrogen-bond donors (Lipinski definition) is 2. The zero-order chi connectivity index (χ0) is 19.1. The van der Waals surface area contributed by atoms with E-state index in [1.807, 2.05) is 6.07 Å². The van der Waals surface area contributed by atoms with Crippen LogP contribution in [0.5, 0.6) is 5.75 Å². The van der Waals surface area contributed by atoms with Gasteiger partial charge in [0.15, 0.2) is 0 Å². The van der Waals surface area contributed by atoms with Crippen molar-refractivity contribution < 1.29 is 14.3 Å². The lowest BCUT2D eigenvalue weighted by Gasteiger charge is -2.04. The standard InChI is InChI=1S/C21H17N3O3/c22-18-8-4-7-17(13-18)20(25)24-23-14-15-9-11-19(12-10-15)27-21(26)16-5-2-1-3-6-16/h1-14H,22H2,(H,24,25)/b23-14-. The summed E-state index contributed by atoms with van der Waals surface area (Å²) in [4.78, 5) is 24.0. The topological polar surface area (TPSA) is 93.8 Å². The average Bonchev–Trinajstić information content (AvgIpc) is 2.70. The molecule has 27 heavy (non-hydrogen) atoms. The Kier molecular flexibility index (Phi) is 5.59. The minimum absolute atomic E-state index is 0.355. The highest BCUT2D eigenvalue weighted by molar-refractivity contribution is 5.95. The molecule has 3 rings (SSSR count). The number of amides is 1. The van der Waals surface area contributed by atoms with Gasteiger partial charge in [0.25, 0.3) is 5.91 Å². The van der Waals surface area contributed by atoms with E-state index in [0.717, 1.165) is 5.56 Å². The molecule has 3 N–H and O–H groups in total. The third-order valence-electron chi connectivity index (χ3n) is 3.63. The summed E-state index contributed by atoms with van der Waals surface area (Å²) in [5.74, 6) is -0.358. The summed E-state index contributed by atoms with van der Waals surface area (Å²) in [6, 6.07) is 22.1. The second kappa shape index (κ2) is 8.44. The van der Waals surface area contributed by atoms with Gasteiger partial charge in [0, 0.05) is 11.3 Å². The number of carbonyl (C=O) groups is 2. The highest BCUT2D eigenvalue weighted by atomic mass is 16.5. The largest absolute Gasteiger partial charge is 0.423 e. The smallest absolute Gasteiger partial charge is 0.343 e. The molecular weight excluding hydrogens is 342 g/mol. The van der Waals surface area contributed by atoms with Crippen molar-refractivity contribution in [3.8, 4) is 5.75 Å². The quantitative estimate of drug-likeness (QED) is 0.240. The Balaban J connectivity index is 1.56. The Labute approximate surface area is 156 Å². The Morgan fingerprint density at radius 2 is 1.59 bits per heavy atom. The molecule has 0 aromatic heterocycles. The number of hydrogen-bond acceptors (Lipinski definition) is 5. The van der Waals surface area contributed by atoms with Crippen LogP contribution in [0.25, 0.3) is 0 Å². The zero-order valence-corrected chi connectivity index (χ0v) is 14.3. The minimum Gasteiger partial charge on any atom is -0.423 e. The number of hydrazone groups is 1. The van der Waals surface area contributed by atoms with E-state index >= 15 is 0 Å².